The van der Waals surface area contributed by atoms with E-state index in [2.05, 4.69) is 32.9 Å². The van der Waals surface area contributed by atoms with Gasteiger partial charge in [0.25, 0.3) is 0 Å². The third kappa shape index (κ3) is 5.45. The normalized spacial score (nSPS) is 6.58. The maximum atomic E-state index is 2.16. The molecule has 0 aliphatic heterocycles. The molecule has 1 radical (unpaired) electrons. The van der Waals surface area contributed by atoms with Gasteiger partial charge in [-0.2, -0.15) is 22.8 Å². The molecule has 0 atom stereocenters. The summed E-state index contributed by atoms with van der Waals surface area (Å²) in [6.07, 6.45) is 0. The predicted octanol–water partition coefficient (Wildman–Crippen LogP) is 3.59. The van der Waals surface area contributed by atoms with Gasteiger partial charge in [0.05, 0.1) is 0 Å². The van der Waals surface area contributed by atoms with Crippen molar-refractivity contribution in [1.82, 2.24) is 0 Å². The largest absolute Gasteiger partial charge is 0.210 e. The fourth-order valence-electron chi connectivity index (χ4n) is 0.811. The van der Waals surface area contributed by atoms with E-state index < -0.39 is 0 Å². The second kappa shape index (κ2) is 9.89. The summed E-state index contributed by atoms with van der Waals surface area (Å²) in [5.74, 6) is 0. The van der Waals surface area contributed by atoms with Crippen molar-refractivity contribution in [2.75, 3.05) is 0 Å². The van der Waals surface area contributed by atoms with Gasteiger partial charge in [0.2, 0.25) is 0 Å². The Morgan fingerprint density at radius 3 is 1.58 bits per heavy atom. The van der Waals surface area contributed by atoms with E-state index in [4.69, 9.17) is 0 Å². The van der Waals surface area contributed by atoms with Crippen molar-refractivity contribution in [3.63, 3.8) is 0 Å². The van der Waals surface area contributed by atoms with Crippen LogP contribution in [0.4, 0.5) is 0 Å². The van der Waals surface area contributed by atoms with Crippen LogP contribution in [-0.4, -0.2) is 0 Å². The van der Waals surface area contributed by atoms with Crippen LogP contribution in [-0.2, 0) is 18.6 Å². The molecule has 1 rings (SSSR count). The van der Waals surface area contributed by atoms with Gasteiger partial charge in [-0.05, 0) is 0 Å². The molecular weight excluding hydrogens is 253 g/mol. The fourth-order valence-corrected chi connectivity index (χ4v) is 0.811. The summed E-state index contributed by atoms with van der Waals surface area (Å²) in [4.78, 5) is 0. The van der Waals surface area contributed by atoms with Gasteiger partial charge in [-0.1, -0.05) is 20.8 Å². The number of aryl methyl sites for hydroxylation is 2. The summed E-state index contributed by atoms with van der Waals surface area (Å²) in [5.41, 5.74) is 4.25. The summed E-state index contributed by atoms with van der Waals surface area (Å²) in [7, 11) is 0. The first-order valence-electron chi connectivity index (χ1n) is 2.91. The molecule has 0 saturated heterocycles. The van der Waals surface area contributed by atoms with Gasteiger partial charge in [0, 0.05) is 18.6 Å². The molecule has 0 spiro atoms. The van der Waals surface area contributed by atoms with Crippen LogP contribution >= 0.6 is 37.2 Å². The molecule has 1 aromatic rings. The van der Waals surface area contributed by atoms with E-state index in [0.29, 0.717) is 0 Å². The van der Waals surface area contributed by atoms with Gasteiger partial charge in [0.1, 0.15) is 0 Å². The Kier molecular flexibility index (Phi) is 19.0. The summed E-state index contributed by atoms with van der Waals surface area (Å²) in [6.45, 7) is 6.44. The van der Waals surface area contributed by atoms with Crippen LogP contribution in [0.25, 0.3) is 0 Å². The molecule has 0 aliphatic carbocycles. The van der Waals surface area contributed by atoms with Crippen molar-refractivity contribution in [1.29, 1.82) is 0 Å². The molecule has 0 amide bonds. The minimum Gasteiger partial charge on any atom is -0.210 e. The van der Waals surface area contributed by atoms with Crippen molar-refractivity contribution < 1.29 is 18.6 Å². The minimum atomic E-state index is 0. The molecule has 73 valence electrons. The van der Waals surface area contributed by atoms with Crippen molar-refractivity contribution in [3.8, 4) is 0 Å². The van der Waals surface area contributed by atoms with Gasteiger partial charge in [-0.3, -0.25) is 0 Å². The first-order chi connectivity index (χ1) is 3.72. The van der Waals surface area contributed by atoms with E-state index in [1.165, 1.54) is 16.7 Å². The van der Waals surface area contributed by atoms with Crippen LogP contribution in [0.3, 0.4) is 0 Å². The summed E-state index contributed by atoms with van der Waals surface area (Å²) in [6, 6.07) is 4.31. The van der Waals surface area contributed by atoms with Crippen LogP contribution in [0.2, 0.25) is 0 Å². The fraction of sp³-hybridized carbons (Fsp3) is 0.375. The number of rotatable bonds is 0. The molecule has 4 heteroatoms. The van der Waals surface area contributed by atoms with Gasteiger partial charge in [-0.15, -0.1) is 37.2 Å². The molecule has 0 aromatic heterocycles. The Balaban J connectivity index is -0.0000000800. The van der Waals surface area contributed by atoms with Crippen LogP contribution < -0.4 is 0 Å². The van der Waals surface area contributed by atoms with E-state index in [1.807, 2.05) is 0 Å². The third-order valence-corrected chi connectivity index (χ3v) is 1.77. The van der Waals surface area contributed by atoms with Crippen molar-refractivity contribution >= 4 is 37.2 Å². The maximum absolute atomic E-state index is 2.16. The molecule has 12 heavy (non-hydrogen) atoms. The smallest absolute Gasteiger partial charge is 0 e. The zero-order valence-electron chi connectivity index (χ0n) is 7.33. The van der Waals surface area contributed by atoms with Crippen molar-refractivity contribution in [3.05, 3.63) is 28.8 Å². The standard InChI is InChI=1S/C8H11.3ClH.V/c1-6-4-5-7(2)8(6)3;;;;/h4-5H,1-3H3;3*1H;/q-1;;;;. The molecule has 0 fully saturated rings. The average Bonchev–Trinajstić information content (AvgIpc) is 1.98. The van der Waals surface area contributed by atoms with E-state index in [0.717, 1.165) is 0 Å². The first-order valence-corrected chi connectivity index (χ1v) is 2.91. The zero-order valence-corrected chi connectivity index (χ0v) is 11.2. The number of hydrogen-bond acceptors (Lipinski definition) is 0. The second-order valence-electron chi connectivity index (χ2n) is 2.32. The minimum absolute atomic E-state index is 0. The molecule has 0 aliphatic rings. The maximum Gasteiger partial charge on any atom is 0 e. The van der Waals surface area contributed by atoms with Crippen LogP contribution in [0.15, 0.2) is 12.1 Å². The monoisotopic (exact) mass is 266 g/mol. The van der Waals surface area contributed by atoms with Crippen LogP contribution in [0.1, 0.15) is 16.7 Å². The van der Waals surface area contributed by atoms with E-state index >= 15 is 0 Å². The topological polar surface area (TPSA) is 0 Å². The van der Waals surface area contributed by atoms with E-state index in [1.54, 1.807) is 0 Å². The Hall–Kier alpha value is 0.804. The summed E-state index contributed by atoms with van der Waals surface area (Å²) < 4.78 is 0. The Morgan fingerprint density at radius 2 is 1.50 bits per heavy atom. The number of halogens is 3. The Bertz CT molecular complexity index is 177. The molecule has 0 N–H and O–H groups in total. The zero-order chi connectivity index (χ0) is 6.15. The quantitative estimate of drug-likeness (QED) is 0.630. The molecule has 0 unspecified atom stereocenters. The SMILES string of the molecule is Cc1cc[c-](C)c1C.Cl.Cl.Cl.[V]. The molecule has 0 nitrogen and oxygen atoms in total. The molecular formula is C8H14Cl3V-. The molecule has 0 saturated carbocycles. The van der Waals surface area contributed by atoms with Crippen molar-refractivity contribution in [2.24, 2.45) is 0 Å². The molecule has 0 bridgehead atoms. The molecule has 1 aromatic carbocycles. The summed E-state index contributed by atoms with van der Waals surface area (Å²) in [5, 5.41) is 0. The predicted molar refractivity (Wildman–Crippen MR) is 58.0 cm³/mol. The van der Waals surface area contributed by atoms with Gasteiger partial charge < -0.3 is 0 Å². The molecule has 0 heterocycles. The van der Waals surface area contributed by atoms with E-state index in [9.17, 15) is 0 Å². The van der Waals surface area contributed by atoms with E-state index in [-0.39, 0.29) is 55.8 Å². The Labute approximate surface area is 105 Å². The Morgan fingerprint density at radius 1 is 1.08 bits per heavy atom. The summed E-state index contributed by atoms with van der Waals surface area (Å²) >= 11 is 0. The first kappa shape index (κ1) is 23.0. The van der Waals surface area contributed by atoms with Gasteiger partial charge in [0.15, 0.2) is 0 Å². The van der Waals surface area contributed by atoms with Crippen LogP contribution in [0.5, 0.6) is 0 Å². The third-order valence-electron chi connectivity index (χ3n) is 1.77. The second-order valence-corrected chi connectivity index (χ2v) is 2.32. The average molecular weight is 268 g/mol. The van der Waals surface area contributed by atoms with Crippen LogP contribution in [0, 0.1) is 20.8 Å². The van der Waals surface area contributed by atoms with Gasteiger partial charge in [-0.25, -0.2) is 6.07 Å². The van der Waals surface area contributed by atoms with Crippen molar-refractivity contribution in [2.45, 2.75) is 20.8 Å². The number of hydrogen-bond donors (Lipinski definition) is 0. The van der Waals surface area contributed by atoms with Gasteiger partial charge >= 0.3 is 0 Å².